The van der Waals surface area contributed by atoms with Crippen LogP contribution in [0.4, 0.5) is 0 Å². The number of carbonyl (C=O) groups excluding carboxylic acids is 1. The lowest BCUT2D eigenvalue weighted by molar-refractivity contribution is -0.139. The molecule has 132 valence electrons. The maximum Gasteiger partial charge on any atom is 0.331 e. The standard InChI is InChI=1S/C21H19NO3S/c1-2-14-5-7-15(8-6-14)16-9-11-17(12-10-16)20(23)22-19(21(24)25)18-4-3-13-26-18/h3-13,19H,2H2,1H3,(H,22,23)(H,24,25). The maximum atomic E-state index is 12.4. The number of hydrogen-bond acceptors (Lipinski definition) is 3. The average molecular weight is 365 g/mol. The second-order valence-electron chi connectivity index (χ2n) is 5.89. The lowest BCUT2D eigenvalue weighted by Gasteiger charge is -2.13. The monoisotopic (exact) mass is 365 g/mol. The Morgan fingerprint density at radius 1 is 1.00 bits per heavy atom. The van der Waals surface area contributed by atoms with Crippen molar-refractivity contribution in [3.05, 3.63) is 82.0 Å². The highest BCUT2D eigenvalue weighted by Crippen LogP contribution is 2.22. The molecule has 0 aliphatic heterocycles. The van der Waals surface area contributed by atoms with Crippen molar-refractivity contribution in [2.75, 3.05) is 0 Å². The van der Waals surface area contributed by atoms with E-state index in [-0.39, 0.29) is 0 Å². The molecule has 0 aliphatic rings. The van der Waals surface area contributed by atoms with Gasteiger partial charge in [-0.3, -0.25) is 4.79 Å². The quantitative estimate of drug-likeness (QED) is 0.674. The third-order valence-corrected chi connectivity index (χ3v) is 5.13. The van der Waals surface area contributed by atoms with Crippen LogP contribution in [0.1, 0.15) is 33.8 Å². The van der Waals surface area contributed by atoms with Crippen LogP contribution in [0.15, 0.2) is 66.0 Å². The normalized spacial score (nSPS) is 11.7. The third kappa shape index (κ3) is 4.00. The van der Waals surface area contributed by atoms with Gasteiger partial charge in [0.2, 0.25) is 0 Å². The molecule has 26 heavy (non-hydrogen) atoms. The van der Waals surface area contributed by atoms with Crippen molar-refractivity contribution in [2.45, 2.75) is 19.4 Å². The van der Waals surface area contributed by atoms with Crippen molar-refractivity contribution in [3.8, 4) is 11.1 Å². The minimum atomic E-state index is -1.08. The highest BCUT2D eigenvalue weighted by molar-refractivity contribution is 7.10. The Morgan fingerprint density at radius 2 is 1.62 bits per heavy atom. The molecular formula is C21H19NO3S. The highest BCUT2D eigenvalue weighted by atomic mass is 32.1. The predicted molar refractivity (Wildman–Crippen MR) is 103 cm³/mol. The number of benzene rings is 2. The van der Waals surface area contributed by atoms with Crippen molar-refractivity contribution in [2.24, 2.45) is 0 Å². The molecule has 2 aromatic carbocycles. The lowest BCUT2D eigenvalue weighted by atomic mass is 10.0. The Kier molecular flexibility index (Phi) is 5.49. The molecule has 0 saturated heterocycles. The van der Waals surface area contributed by atoms with Crippen LogP contribution in [0.25, 0.3) is 11.1 Å². The van der Waals surface area contributed by atoms with Crippen LogP contribution >= 0.6 is 11.3 Å². The Balaban J connectivity index is 1.74. The topological polar surface area (TPSA) is 66.4 Å². The molecule has 0 aliphatic carbocycles. The first-order valence-electron chi connectivity index (χ1n) is 8.35. The van der Waals surface area contributed by atoms with Crippen LogP contribution in [0, 0.1) is 0 Å². The first-order valence-corrected chi connectivity index (χ1v) is 9.23. The highest BCUT2D eigenvalue weighted by Gasteiger charge is 2.23. The fourth-order valence-corrected chi connectivity index (χ4v) is 3.44. The second-order valence-corrected chi connectivity index (χ2v) is 6.87. The van der Waals surface area contributed by atoms with Crippen LogP contribution in [0.2, 0.25) is 0 Å². The average Bonchev–Trinajstić information content (AvgIpc) is 3.20. The summed E-state index contributed by atoms with van der Waals surface area (Å²) in [6, 6.07) is 17.9. The number of carboxylic acid groups (broad SMARTS) is 1. The Bertz CT molecular complexity index is 884. The van der Waals surface area contributed by atoms with Crippen molar-refractivity contribution >= 4 is 23.2 Å². The number of aryl methyl sites for hydroxylation is 1. The van der Waals surface area contributed by atoms with Crippen molar-refractivity contribution in [1.29, 1.82) is 0 Å². The van der Waals surface area contributed by atoms with Crippen molar-refractivity contribution in [1.82, 2.24) is 5.32 Å². The van der Waals surface area contributed by atoms with E-state index in [0.717, 1.165) is 17.5 Å². The number of carboxylic acids is 1. The molecule has 1 aromatic heterocycles. The van der Waals surface area contributed by atoms with Crippen molar-refractivity contribution < 1.29 is 14.7 Å². The van der Waals surface area contributed by atoms with Gasteiger partial charge in [0.25, 0.3) is 5.91 Å². The molecule has 5 heteroatoms. The summed E-state index contributed by atoms with van der Waals surface area (Å²) in [5, 5.41) is 13.7. The molecule has 0 saturated carbocycles. The molecular weight excluding hydrogens is 346 g/mol. The molecule has 3 aromatic rings. The number of thiophene rings is 1. The summed E-state index contributed by atoms with van der Waals surface area (Å²) < 4.78 is 0. The third-order valence-electron chi connectivity index (χ3n) is 4.19. The number of rotatable bonds is 6. The number of carbonyl (C=O) groups is 2. The summed E-state index contributed by atoms with van der Waals surface area (Å²) in [5.41, 5.74) is 3.80. The summed E-state index contributed by atoms with van der Waals surface area (Å²) in [7, 11) is 0. The summed E-state index contributed by atoms with van der Waals surface area (Å²) in [5.74, 6) is -1.48. The first-order chi connectivity index (χ1) is 12.6. The summed E-state index contributed by atoms with van der Waals surface area (Å²) in [6.45, 7) is 2.11. The van der Waals surface area contributed by atoms with Gasteiger partial charge in [0.05, 0.1) is 0 Å². The van der Waals surface area contributed by atoms with Gasteiger partial charge in [-0.05, 0) is 46.7 Å². The molecule has 1 amide bonds. The van der Waals surface area contributed by atoms with Gasteiger partial charge >= 0.3 is 5.97 Å². The van der Waals surface area contributed by atoms with Gasteiger partial charge in [0.15, 0.2) is 6.04 Å². The molecule has 0 spiro atoms. The Hall–Kier alpha value is -2.92. The van der Waals surface area contributed by atoms with E-state index in [1.807, 2.05) is 12.1 Å². The zero-order chi connectivity index (χ0) is 18.5. The molecule has 3 rings (SSSR count). The van der Waals surface area contributed by atoms with Gasteiger partial charge in [-0.25, -0.2) is 4.79 Å². The fraction of sp³-hybridized carbons (Fsp3) is 0.143. The zero-order valence-corrected chi connectivity index (χ0v) is 15.1. The SMILES string of the molecule is CCc1ccc(-c2ccc(C(=O)NC(C(=O)O)c3cccs3)cc2)cc1. The van der Waals surface area contributed by atoms with E-state index in [1.165, 1.54) is 16.9 Å². The van der Waals surface area contributed by atoms with Crippen LogP contribution in [0.3, 0.4) is 0 Å². The van der Waals surface area contributed by atoms with Gasteiger partial charge in [-0.1, -0.05) is 49.4 Å². The van der Waals surface area contributed by atoms with E-state index in [9.17, 15) is 14.7 Å². The number of nitrogens with one attached hydrogen (secondary N) is 1. The maximum absolute atomic E-state index is 12.4. The van der Waals surface area contributed by atoms with E-state index in [2.05, 4.69) is 36.5 Å². The number of aliphatic carboxylic acids is 1. The smallest absolute Gasteiger partial charge is 0.331 e. The summed E-state index contributed by atoms with van der Waals surface area (Å²) in [4.78, 5) is 24.5. The second kappa shape index (κ2) is 7.97. The predicted octanol–water partition coefficient (Wildman–Crippen LogP) is 4.53. The summed E-state index contributed by atoms with van der Waals surface area (Å²) in [6.07, 6.45) is 0.994. The molecule has 1 unspecified atom stereocenters. The largest absolute Gasteiger partial charge is 0.479 e. The fourth-order valence-electron chi connectivity index (χ4n) is 2.67. The summed E-state index contributed by atoms with van der Waals surface area (Å²) >= 11 is 1.30. The lowest BCUT2D eigenvalue weighted by Crippen LogP contribution is -2.33. The van der Waals surface area contributed by atoms with Gasteiger partial charge < -0.3 is 10.4 Å². The molecule has 2 N–H and O–H groups in total. The molecule has 4 nitrogen and oxygen atoms in total. The van der Waals surface area contributed by atoms with Gasteiger partial charge in [0.1, 0.15) is 0 Å². The minimum Gasteiger partial charge on any atom is -0.479 e. The first kappa shape index (κ1) is 17.9. The van der Waals surface area contributed by atoms with Gasteiger partial charge in [-0.15, -0.1) is 11.3 Å². The van der Waals surface area contributed by atoms with Crippen LogP contribution in [-0.4, -0.2) is 17.0 Å². The Morgan fingerprint density at radius 3 is 2.12 bits per heavy atom. The molecule has 1 atom stereocenters. The van der Waals surface area contributed by atoms with E-state index in [1.54, 1.807) is 29.6 Å². The molecule has 0 bridgehead atoms. The molecule has 1 heterocycles. The van der Waals surface area contributed by atoms with Crippen LogP contribution < -0.4 is 5.32 Å². The number of amides is 1. The number of hydrogen-bond donors (Lipinski definition) is 2. The van der Waals surface area contributed by atoms with Gasteiger partial charge in [-0.2, -0.15) is 0 Å². The van der Waals surface area contributed by atoms with E-state index in [0.29, 0.717) is 10.4 Å². The molecule has 0 fully saturated rings. The van der Waals surface area contributed by atoms with E-state index >= 15 is 0 Å². The van der Waals surface area contributed by atoms with E-state index in [4.69, 9.17) is 0 Å². The van der Waals surface area contributed by atoms with Crippen molar-refractivity contribution in [3.63, 3.8) is 0 Å². The minimum absolute atomic E-state index is 0.404. The van der Waals surface area contributed by atoms with Gasteiger partial charge in [0, 0.05) is 10.4 Å². The molecule has 0 radical (unpaired) electrons. The zero-order valence-electron chi connectivity index (χ0n) is 14.3. The van der Waals surface area contributed by atoms with E-state index < -0.39 is 17.9 Å². The Labute approximate surface area is 156 Å². The van der Waals surface area contributed by atoms with Crippen LogP contribution in [-0.2, 0) is 11.2 Å². The van der Waals surface area contributed by atoms with Crippen LogP contribution in [0.5, 0.6) is 0 Å².